The molecule has 0 amide bonds. The molecule has 4 fully saturated rings. The number of fused-ring (bicyclic) bond motifs is 1. The Balaban J connectivity index is 1.40. The van der Waals surface area contributed by atoms with Crippen LogP contribution in [0, 0.1) is 28.1 Å². The number of aliphatic hydroxyl groups is 3. The lowest BCUT2D eigenvalue weighted by Gasteiger charge is -2.47. The van der Waals surface area contributed by atoms with Gasteiger partial charge in [0.1, 0.15) is 5.78 Å². The van der Waals surface area contributed by atoms with Crippen LogP contribution >= 0.6 is 0 Å². The van der Waals surface area contributed by atoms with Crippen LogP contribution in [0.4, 0.5) is 0 Å². The first-order valence-electron chi connectivity index (χ1n) is 16.2. The molecular formula is C35H56O4. The fourth-order valence-electron chi connectivity index (χ4n) is 8.64. The van der Waals surface area contributed by atoms with Crippen LogP contribution in [0.2, 0.25) is 0 Å². The van der Waals surface area contributed by atoms with E-state index in [0.717, 1.165) is 37.7 Å². The number of aliphatic hydroxyl groups excluding tert-OH is 3. The molecule has 0 aromatic carbocycles. The van der Waals surface area contributed by atoms with Crippen molar-refractivity contribution in [3.05, 3.63) is 35.5 Å². The van der Waals surface area contributed by atoms with Crippen molar-refractivity contribution in [2.45, 2.75) is 149 Å². The molecule has 4 rings (SSSR count). The molecule has 4 aliphatic rings. The van der Waals surface area contributed by atoms with Gasteiger partial charge in [0.25, 0.3) is 0 Å². The molecule has 0 bridgehead atoms. The van der Waals surface area contributed by atoms with Gasteiger partial charge in [-0.1, -0.05) is 88.8 Å². The smallest absolute Gasteiger partial charge is 0.141 e. The average molecular weight is 541 g/mol. The summed E-state index contributed by atoms with van der Waals surface area (Å²) in [6.45, 7) is 9.35. The zero-order valence-electron chi connectivity index (χ0n) is 25.3. The Morgan fingerprint density at radius 1 is 1.03 bits per heavy atom. The topological polar surface area (TPSA) is 77.8 Å². The Labute approximate surface area is 238 Å². The second kappa shape index (κ2) is 12.7. The van der Waals surface area contributed by atoms with Crippen molar-refractivity contribution in [3.8, 4) is 0 Å². The standard InChI is InChI=1S/C35H56O4/c1-5-6-7-8-9-12-31(38)35(20-21-35)32(39)17-19-33(2,3)30-16-15-29-26(11-10-18-34(29,30)4)14-13-25-22-27(36)24-28(37)23-25/h13-14,17,19,27-30,32,36-37,39H,5-12,15-16,18,20-24H2,1-4H3/b19-17+,26-14+/t27-,28-,29+,30-,32-,34+/m1/s1. The minimum Gasteiger partial charge on any atom is -0.393 e. The largest absolute Gasteiger partial charge is 0.393 e. The number of hydrogen-bond donors (Lipinski definition) is 3. The number of allylic oxidation sites excluding steroid dienone is 4. The second-order valence-corrected chi connectivity index (χ2v) is 14.4. The van der Waals surface area contributed by atoms with Crippen molar-refractivity contribution < 1.29 is 20.1 Å². The van der Waals surface area contributed by atoms with E-state index in [4.69, 9.17) is 0 Å². The van der Waals surface area contributed by atoms with Crippen LogP contribution in [0.3, 0.4) is 0 Å². The summed E-state index contributed by atoms with van der Waals surface area (Å²) in [5.74, 6) is 1.36. The molecule has 0 unspecified atom stereocenters. The number of unbranched alkanes of at least 4 members (excludes halogenated alkanes) is 4. The fourth-order valence-corrected chi connectivity index (χ4v) is 8.64. The van der Waals surface area contributed by atoms with E-state index >= 15 is 0 Å². The third-order valence-corrected chi connectivity index (χ3v) is 11.1. The Kier molecular flexibility index (Phi) is 10.0. The first-order chi connectivity index (χ1) is 18.5. The molecule has 0 saturated heterocycles. The van der Waals surface area contributed by atoms with E-state index in [1.54, 1.807) is 0 Å². The lowest BCUT2D eigenvalue weighted by atomic mass is 9.57. The maximum absolute atomic E-state index is 13.0. The number of ketones is 1. The monoisotopic (exact) mass is 540 g/mol. The van der Waals surface area contributed by atoms with Gasteiger partial charge in [0.15, 0.2) is 0 Å². The van der Waals surface area contributed by atoms with Gasteiger partial charge in [-0.3, -0.25) is 4.79 Å². The Bertz CT molecular complexity index is 926. The molecule has 39 heavy (non-hydrogen) atoms. The maximum atomic E-state index is 13.0. The van der Waals surface area contributed by atoms with Gasteiger partial charge in [-0.05, 0) is 93.3 Å². The predicted molar refractivity (Wildman–Crippen MR) is 159 cm³/mol. The molecule has 0 spiro atoms. The SMILES string of the molecule is CCCCCCCC(=O)C1([C@H](O)/C=C/C(C)(C)[C@H]2CC[C@H]3/C(=C/C=C4C[C@@H](O)C[C@H](O)C4)CCC[C@]23C)CC1. The van der Waals surface area contributed by atoms with Gasteiger partial charge in [0, 0.05) is 6.42 Å². The van der Waals surface area contributed by atoms with Crippen LogP contribution in [0.5, 0.6) is 0 Å². The molecule has 4 heteroatoms. The zero-order chi connectivity index (χ0) is 28.3. The normalized spacial score (nSPS) is 34.3. The van der Waals surface area contributed by atoms with E-state index in [1.165, 1.54) is 50.5 Å². The highest BCUT2D eigenvalue weighted by Crippen LogP contribution is 2.62. The summed E-state index contributed by atoms with van der Waals surface area (Å²) in [5, 5.41) is 31.3. The second-order valence-electron chi connectivity index (χ2n) is 14.4. The number of carbonyl (C=O) groups excluding carboxylic acids is 1. The van der Waals surface area contributed by atoms with Crippen LogP contribution in [0.25, 0.3) is 0 Å². The van der Waals surface area contributed by atoms with E-state index in [0.29, 0.717) is 37.5 Å². The predicted octanol–water partition coefficient (Wildman–Crippen LogP) is 7.61. The molecule has 0 aromatic rings. The molecule has 4 nitrogen and oxygen atoms in total. The number of hydrogen-bond acceptors (Lipinski definition) is 4. The van der Waals surface area contributed by atoms with Crippen molar-refractivity contribution in [3.63, 3.8) is 0 Å². The summed E-state index contributed by atoms with van der Waals surface area (Å²) in [4.78, 5) is 13.0. The first kappa shape index (κ1) is 30.7. The average Bonchev–Trinajstić information content (AvgIpc) is 3.61. The minimum atomic E-state index is -0.667. The lowest BCUT2D eigenvalue weighted by Crippen LogP contribution is -2.39. The van der Waals surface area contributed by atoms with Crippen LogP contribution in [-0.4, -0.2) is 39.4 Å². The lowest BCUT2D eigenvalue weighted by molar-refractivity contribution is -0.127. The Morgan fingerprint density at radius 3 is 2.38 bits per heavy atom. The highest BCUT2D eigenvalue weighted by atomic mass is 16.3. The molecule has 0 heterocycles. The summed E-state index contributed by atoms with van der Waals surface area (Å²) in [6.07, 6.45) is 23.0. The fraction of sp³-hybridized carbons (Fsp3) is 0.800. The van der Waals surface area contributed by atoms with Gasteiger partial charge >= 0.3 is 0 Å². The number of rotatable bonds is 12. The third kappa shape index (κ3) is 6.99. The van der Waals surface area contributed by atoms with E-state index in [-0.39, 0.29) is 16.6 Å². The first-order valence-corrected chi connectivity index (χ1v) is 16.2. The molecule has 4 saturated carbocycles. The highest BCUT2D eigenvalue weighted by Gasteiger charge is 2.55. The maximum Gasteiger partial charge on any atom is 0.141 e. The van der Waals surface area contributed by atoms with Gasteiger partial charge in [0.05, 0.1) is 23.7 Å². The quantitative estimate of drug-likeness (QED) is 0.176. The van der Waals surface area contributed by atoms with Crippen molar-refractivity contribution in [2.75, 3.05) is 0 Å². The number of Topliss-reactive ketones (excluding diaryl/α,β-unsaturated/α-hetero) is 1. The van der Waals surface area contributed by atoms with E-state index in [1.807, 2.05) is 6.08 Å². The van der Waals surface area contributed by atoms with E-state index in [9.17, 15) is 20.1 Å². The van der Waals surface area contributed by atoms with Gasteiger partial charge in [-0.15, -0.1) is 0 Å². The van der Waals surface area contributed by atoms with Gasteiger partial charge < -0.3 is 15.3 Å². The summed E-state index contributed by atoms with van der Waals surface area (Å²) >= 11 is 0. The van der Waals surface area contributed by atoms with Crippen molar-refractivity contribution >= 4 is 5.78 Å². The minimum absolute atomic E-state index is 0.0533. The Morgan fingerprint density at radius 2 is 1.72 bits per heavy atom. The summed E-state index contributed by atoms with van der Waals surface area (Å²) in [5.41, 5.74) is 2.35. The summed E-state index contributed by atoms with van der Waals surface area (Å²) in [6, 6.07) is 0. The van der Waals surface area contributed by atoms with Crippen molar-refractivity contribution in [1.82, 2.24) is 0 Å². The molecular weight excluding hydrogens is 484 g/mol. The highest BCUT2D eigenvalue weighted by molar-refractivity contribution is 5.88. The van der Waals surface area contributed by atoms with Gasteiger partial charge in [-0.25, -0.2) is 0 Å². The molecule has 220 valence electrons. The molecule has 0 aromatic heterocycles. The summed E-state index contributed by atoms with van der Waals surface area (Å²) < 4.78 is 0. The molecule has 0 aliphatic heterocycles. The third-order valence-electron chi connectivity index (χ3n) is 11.1. The van der Waals surface area contributed by atoms with Gasteiger partial charge in [0.2, 0.25) is 0 Å². The van der Waals surface area contributed by atoms with E-state index < -0.39 is 23.7 Å². The van der Waals surface area contributed by atoms with Crippen molar-refractivity contribution in [1.29, 1.82) is 0 Å². The molecule has 3 N–H and O–H groups in total. The Hall–Kier alpha value is -1.23. The number of carbonyl (C=O) groups is 1. The van der Waals surface area contributed by atoms with Crippen molar-refractivity contribution in [2.24, 2.45) is 28.1 Å². The molecule has 4 aliphatic carbocycles. The van der Waals surface area contributed by atoms with Crippen LogP contribution in [0.1, 0.15) is 130 Å². The molecule has 6 atom stereocenters. The van der Waals surface area contributed by atoms with Crippen LogP contribution < -0.4 is 0 Å². The van der Waals surface area contributed by atoms with E-state index in [2.05, 4.69) is 45.9 Å². The van der Waals surface area contributed by atoms with Gasteiger partial charge in [-0.2, -0.15) is 0 Å². The molecule has 0 radical (unpaired) electrons. The summed E-state index contributed by atoms with van der Waals surface area (Å²) in [7, 11) is 0. The van der Waals surface area contributed by atoms with Crippen LogP contribution in [0.15, 0.2) is 35.5 Å². The van der Waals surface area contributed by atoms with Crippen LogP contribution in [-0.2, 0) is 4.79 Å². The zero-order valence-corrected chi connectivity index (χ0v) is 25.3.